The van der Waals surface area contributed by atoms with Crippen molar-refractivity contribution in [3.63, 3.8) is 0 Å². The topological polar surface area (TPSA) is 54.5 Å². The maximum absolute atomic E-state index is 12.7. The molecule has 1 aromatic heterocycles. The molecule has 160 valence electrons. The quantitative estimate of drug-likeness (QED) is 0.813. The van der Waals surface area contributed by atoms with Crippen LogP contribution in [0.15, 0.2) is 36.5 Å². The van der Waals surface area contributed by atoms with Crippen molar-refractivity contribution < 1.29 is 9.53 Å². The maximum Gasteiger partial charge on any atom is 0.272 e. The molecule has 2 aromatic rings. The molecule has 1 aromatic carbocycles. The third kappa shape index (κ3) is 3.95. The van der Waals surface area contributed by atoms with E-state index in [-0.39, 0.29) is 11.8 Å². The number of hydrogen-bond donors (Lipinski definition) is 1. The van der Waals surface area contributed by atoms with E-state index in [0.717, 1.165) is 31.7 Å². The number of carbonyl (C=O) groups is 1. The van der Waals surface area contributed by atoms with E-state index in [2.05, 4.69) is 34.6 Å². The molecule has 1 aliphatic carbocycles. The summed E-state index contributed by atoms with van der Waals surface area (Å²) in [6.07, 6.45) is 6.60. The highest BCUT2D eigenvalue weighted by atomic mass is 16.5. The van der Waals surface area contributed by atoms with Crippen molar-refractivity contribution in [3.05, 3.63) is 58.9 Å². The van der Waals surface area contributed by atoms with Gasteiger partial charge in [0.05, 0.1) is 7.11 Å². The average Bonchev–Trinajstić information content (AvgIpc) is 2.79. The van der Waals surface area contributed by atoms with E-state index in [1.807, 2.05) is 31.0 Å². The summed E-state index contributed by atoms with van der Waals surface area (Å²) in [6, 6.07) is 10.5. The predicted octanol–water partition coefficient (Wildman–Crippen LogP) is 4.02. The van der Waals surface area contributed by atoms with E-state index in [4.69, 9.17) is 4.74 Å². The molecule has 0 saturated carbocycles. The lowest BCUT2D eigenvalue weighted by Crippen LogP contribution is -2.41. The van der Waals surface area contributed by atoms with Crippen molar-refractivity contribution in [1.82, 2.24) is 15.2 Å². The Labute approximate surface area is 179 Å². The number of carbonyl (C=O) groups excluding carboxylic acids is 1. The molecule has 0 bridgehead atoms. The van der Waals surface area contributed by atoms with E-state index in [9.17, 15) is 4.79 Å². The van der Waals surface area contributed by atoms with Gasteiger partial charge in [-0.1, -0.05) is 12.1 Å². The van der Waals surface area contributed by atoms with Crippen molar-refractivity contribution in [1.29, 1.82) is 0 Å². The number of hydrogen-bond acceptors (Lipinski definition) is 4. The molecule has 1 unspecified atom stereocenters. The highest BCUT2D eigenvalue weighted by molar-refractivity contribution is 5.92. The van der Waals surface area contributed by atoms with Crippen LogP contribution in [0.2, 0.25) is 0 Å². The Bertz CT molecular complexity index is 884. The minimum absolute atomic E-state index is 0.00656. The number of pyridine rings is 1. The van der Waals surface area contributed by atoms with Crippen LogP contribution in [0.4, 0.5) is 0 Å². The van der Waals surface area contributed by atoms with E-state index in [1.54, 1.807) is 7.11 Å². The monoisotopic (exact) mass is 407 g/mol. The van der Waals surface area contributed by atoms with Crippen LogP contribution in [-0.4, -0.2) is 49.1 Å². The van der Waals surface area contributed by atoms with Gasteiger partial charge in [-0.15, -0.1) is 0 Å². The Morgan fingerprint density at radius 3 is 2.60 bits per heavy atom. The minimum atomic E-state index is 0.00656. The molecule has 2 aliphatic rings. The number of nitrogens with one attached hydrogen (secondary N) is 1. The number of methoxy groups -OCH3 is 1. The van der Waals surface area contributed by atoms with Crippen LogP contribution < -0.4 is 10.1 Å². The fourth-order valence-electron chi connectivity index (χ4n) is 5.25. The van der Waals surface area contributed by atoms with Crippen LogP contribution in [0.1, 0.15) is 66.2 Å². The summed E-state index contributed by atoms with van der Waals surface area (Å²) in [5.41, 5.74) is 4.84. The molecule has 2 heterocycles. The Kier molecular flexibility index (Phi) is 6.09. The zero-order valence-corrected chi connectivity index (χ0v) is 18.4. The molecule has 1 amide bonds. The summed E-state index contributed by atoms with van der Waals surface area (Å²) in [5, 5.41) is 3.52. The van der Waals surface area contributed by atoms with Gasteiger partial charge >= 0.3 is 0 Å². The van der Waals surface area contributed by atoms with Crippen molar-refractivity contribution in [2.75, 3.05) is 33.3 Å². The number of benzene rings is 1. The number of nitrogens with zero attached hydrogens (tertiary/aromatic N) is 2. The average molecular weight is 408 g/mol. The molecule has 5 nitrogen and oxygen atoms in total. The van der Waals surface area contributed by atoms with Crippen molar-refractivity contribution in [2.24, 2.45) is 5.41 Å². The third-order valence-corrected chi connectivity index (χ3v) is 7.05. The van der Waals surface area contributed by atoms with Gasteiger partial charge < -0.3 is 15.0 Å². The van der Waals surface area contributed by atoms with E-state index in [0.29, 0.717) is 24.2 Å². The van der Waals surface area contributed by atoms with Gasteiger partial charge in [0.15, 0.2) is 0 Å². The molecular weight excluding hydrogens is 374 g/mol. The first-order chi connectivity index (χ1) is 14.6. The molecule has 0 radical (unpaired) electrons. The highest BCUT2D eigenvalue weighted by Gasteiger charge is 2.40. The van der Waals surface area contributed by atoms with Gasteiger partial charge in [0.25, 0.3) is 5.91 Å². The number of amides is 1. The summed E-state index contributed by atoms with van der Waals surface area (Å²) in [5.74, 6) is 1.19. The summed E-state index contributed by atoms with van der Waals surface area (Å²) in [4.78, 5) is 19.1. The van der Waals surface area contributed by atoms with Gasteiger partial charge in [-0.3, -0.25) is 9.78 Å². The second-order valence-electron chi connectivity index (χ2n) is 8.70. The largest absolute Gasteiger partial charge is 0.497 e. The first-order valence-electron chi connectivity index (χ1n) is 11.2. The molecule has 5 heteroatoms. The van der Waals surface area contributed by atoms with Gasteiger partial charge in [-0.2, -0.15) is 0 Å². The molecule has 30 heavy (non-hydrogen) atoms. The number of aromatic nitrogens is 1. The molecule has 1 spiro atoms. The minimum Gasteiger partial charge on any atom is -0.497 e. The molecule has 1 saturated heterocycles. The van der Waals surface area contributed by atoms with Crippen LogP contribution in [-0.2, 0) is 6.42 Å². The first-order valence-corrected chi connectivity index (χ1v) is 11.2. The smallest absolute Gasteiger partial charge is 0.272 e. The van der Waals surface area contributed by atoms with Crippen LogP contribution >= 0.6 is 0 Å². The van der Waals surface area contributed by atoms with E-state index in [1.165, 1.54) is 29.5 Å². The fraction of sp³-hybridized carbons (Fsp3) is 0.520. The van der Waals surface area contributed by atoms with Gasteiger partial charge in [-0.25, -0.2) is 0 Å². The van der Waals surface area contributed by atoms with E-state index >= 15 is 0 Å². The molecule has 1 atom stereocenters. The molecular formula is C25H33N3O2. The van der Waals surface area contributed by atoms with Crippen LogP contribution in [0.5, 0.6) is 5.75 Å². The molecule has 1 N–H and O–H groups in total. The maximum atomic E-state index is 12.7. The number of rotatable bonds is 5. The van der Waals surface area contributed by atoms with Gasteiger partial charge in [0.2, 0.25) is 0 Å². The Morgan fingerprint density at radius 1 is 1.20 bits per heavy atom. The molecule has 1 fully saturated rings. The van der Waals surface area contributed by atoms with Crippen molar-refractivity contribution in [2.45, 2.75) is 45.4 Å². The lowest BCUT2D eigenvalue weighted by atomic mass is 9.62. The Hall–Kier alpha value is -2.40. The number of ether oxygens (including phenoxy) is 1. The standard InChI is InChI=1S/C25H33N3O2/c1-4-28(5-2)24(29)23-9-7-19(17-27-23)22-16-25(10-12-26-13-11-25)15-18-6-8-20(30-3)14-21(18)22/h6-9,14,17,22,26H,4-5,10-13,15-16H2,1-3H3. The first kappa shape index (κ1) is 20.9. The van der Waals surface area contributed by atoms with Crippen LogP contribution in [0, 0.1) is 5.41 Å². The lowest BCUT2D eigenvalue weighted by Gasteiger charge is -2.45. The molecule has 4 rings (SSSR count). The number of fused-ring (bicyclic) bond motifs is 1. The lowest BCUT2D eigenvalue weighted by molar-refractivity contribution is 0.0767. The van der Waals surface area contributed by atoms with Gasteiger partial charge in [0, 0.05) is 25.2 Å². The normalized spacial score (nSPS) is 19.9. The van der Waals surface area contributed by atoms with E-state index < -0.39 is 0 Å². The fourth-order valence-corrected chi connectivity index (χ4v) is 5.25. The number of piperidine rings is 1. The zero-order valence-electron chi connectivity index (χ0n) is 18.4. The van der Waals surface area contributed by atoms with Gasteiger partial charge in [-0.05, 0) is 92.9 Å². The second-order valence-corrected chi connectivity index (χ2v) is 8.70. The van der Waals surface area contributed by atoms with Crippen LogP contribution in [0.25, 0.3) is 0 Å². The van der Waals surface area contributed by atoms with Gasteiger partial charge in [0.1, 0.15) is 11.4 Å². The Balaban J connectivity index is 1.68. The Morgan fingerprint density at radius 2 is 1.97 bits per heavy atom. The highest BCUT2D eigenvalue weighted by Crippen LogP contribution is 2.50. The third-order valence-electron chi connectivity index (χ3n) is 7.05. The second kappa shape index (κ2) is 8.76. The summed E-state index contributed by atoms with van der Waals surface area (Å²) in [7, 11) is 1.73. The molecule has 1 aliphatic heterocycles. The zero-order chi connectivity index (χ0) is 21.1. The van der Waals surface area contributed by atoms with Crippen molar-refractivity contribution >= 4 is 5.91 Å². The summed E-state index contributed by atoms with van der Waals surface area (Å²) >= 11 is 0. The van der Waals surface area contributed by atoms with Crippen molar-refractivity contribution in [3.8, 4) is 5.75 Å². The SMILES string of the molecule is CCN(CC)C(=O)c1ccc(C2CC3(CCNCC3)Cc3ccc(OC)cc32)cn1. The van der Waals surface area contributed by atoms with Crippen LogP contribution in [0.3, 0.4) is 0 Å². The predicted molar refractivity (Wildman–Crippen MR) is 119 cm³/mol. The summed E-state index contributed by atoms with van der Waals surface area (Å²) < 4.78 is 5.53. The summed E-state index contributed by atoms with van der Waals surface area (Å²) in [6.45, 7) is 7.58.